The van der Waals surface area contributed by atoms with E-state index in [0.717, 1.165) is 11.1 Å². The first-order chi connectivity index (χ1) is 6.21. The van der Waals surface area contributed by atoms with Crippen molar-refractivity contribution < 1.29 is 5.11 Å². The Kier molecular flexibility index (Phi) is 2.98. The van der Waals surface area contributed by atoms with Crippen LogP contribution in [0.1, 0.15) is 38.8 Å². The molecule has 0 spiro atoms. The van der Waals surface area contributed by atoms with Gasteiger partial charge in [0.1, 0.15) is 0 Å². The SMILES string of the molecule is CC(C)(O)c1ccc(C(C)(C)S)cc1. The van der Waals surface area contributed by atoms with Gasteiger partial charge in [-0.15, -0.1) is 0 Å². The Morgan fingerprint density at radius 3 is 1.57 bits per heavy atom. The second-order valence-corrected chi connectivity index (χ2v) is 5.81. The largest absolute Gasteiger partial charge is 0.386 e. The van der Waals surface area contributed by atoms with Crippen molar-refractivity contribution in [1.82, 2.24) is 0 Å². The van der Waals surface area contributed by atoms with Gasteiger partial charge in [0.05, 0.1) is 5.60 Å². The maximum Gasteiger partial charge on any atom is 0.0840 e. The summed E-state index contributed by atoms with van der Waals surface area (Å²) in [4.78, 5) is 0. The summed E-state index contributed by atoms with van der Waals surface area (Å²) in [5, 5.41) is 9.76. The summed E-state index contributed by atoms with van der Waals surface area (Å²) < 4.78 is -0.127. The van der Waals surface area contributed by atoms with Gasteiger partial charge in [-0.1, -0.05) is 24.3 Å². The minimum absolute atomic E-state index is 0.127. The van der Waals surface area contributed by atoms with Crippen LogP contribution in [0, 0.1) is 0 Å². The van der Waals surface area contributed by atoms with Crippen LogP contribution in [0.2, 0.25) is 0 Å². The van der Waals surface area contributed by atoms with E-state index >= 15 is 0 Å². The normalized spacial score (nSPS) is 13.0. The Morgan fingerprint density at radius 1 is 0.929 bits per heavy atom. The summed E-state index contributed by atoms with van der Waals surface area (Å²) in [6, 6.07) is 7.93. The van der Waals surface area contributed by atoms with E-state index in [4.69, 9.17) is 0 Å². The molecule has 0 bridgehead atoms. The van der Waals surface area contributed by atoms with Gasteiger partial charge in [-0.2, -0.15) is 12.6 Å². The third-order valence-electron chi connectivity index (χ3n) is 2.30. The molecule has 0 fully saturated rings. The Labute approximate surface area is 91.6 Å². The molecule has 0 saturated carbocycles. The molecule has 0 atom stereocenters. The van der Waals surface area contributed by atoms with Crippen LogP contribution in [0.5, 0.6) is 0 Å². The van der Waals surface area contributed by atoms with Crippen LogP contribution in [0.4, 0.5) is 0 Å². The fourth-order valence-electron chi connectivity index (χ4n) is 1.29. The quantitative estimate of drug-likeness (QED) is 0.719. The minimum Gasteiger partial charge on any atom is -0.386 e. The standard InChI is InChI=1S/C12H18OS/c1-11(2,13)9-5-7-10(8-6-9)12(3,4)14/h5-8,13-14H,1-4H3. The summed E-state index contributed by atoms with van der Waals surface area (Å²) >= 11 is 4.49. The molecule has 1 aromatic carbocycles. The van der Waals surface area contributed by atoms with E-state index in [1.807, 2.05) is 24.3 Å². The first-order valence-electron chi connectivity index (χ1n) is 4.77. The molecule has 1 aromatic rings. The zero-order valence-electron chi connectivity index (χ0n) is 9.20. The Morgan fingerprint density at radius 2 is 1.29 bits per heavy atom. The molecule has 1 N–H and O–H groups in total. The average molecular weight is 210 g/mol. The van der Waals surface area contributed by atoms with Crippen molar-refractivity contribution in [3.05, 3.63) is 35.4 Å². The van der Waals surface area contributed by atoms with E-state index in [0.29, 0.717) is 0 Å². The lowest BCUT2D eigenvalue weighted by Crippen LogP contribution is -2.16. The van der Waals surface area contributed by atoms with Gasteiger partial charge in [0.15, 0.2) is 0 Å². The van der Waals surface area contributed by atoms with Crippen molar-refractivity contribution >= 4 is 12.6 Å². The van der Waals surface area contributed by atoms with Crippen LogP contribution in [-0.4, -0.2) is 5.11 Å². The van der Waals surface area contributed by atoms with Crippen molar-refractivity contribution in [2.45, 2.75) is 38.0 Å². The Balaban J connectivity index is 3.02. The van der Waals surface area contributed by atoms with Crippen molar-refractivity contribution in [1.29, 1.82) is 0 Å². The third-order valence-corrected chi connectivity index (χ3v) is 2.56. The third kappa shape index (κ3) is 2.76. The summed E-state index contributed by atoms with van der Waals surface area (Å²) in [6.45, 7) is 7.67. The molecule has 78 valence electrons. The first-order valence-corrected chi connectivity index (χ1v) is 5.22. The van der Waals surface area contributed by atoms with Crippen LogP contribution in [-0.2, 0) is 10.3 Å². The maximum absolute atomic E-state index is 9.76. The summed E-state index contributed by atoms with van der Waals surface area (Å²) in [5.41, 5.74) is 1.33. The topological polar surface area (TPSA) is 20.2 Å². The summed E-state index contributed by atoms with van der Waals surface area (Å²) in [6.07, 6.45) is 0. The van der Waals surface area contributed by atoms with Gasteiger partial charge in [0.2, 0.25) is 0 Å². The van der Waals surface area contributed by atoms with Crippen molar-refractivity contribution in [3.8, 4) is 0 Å². The fraction of sp³-hybridized carbons (Fsp3) is 0.500. The average Bonchev–Trinajstić information content (AvgIpc) is 2.01. The maximum atomic E-state index is 9.76. The zero-order valence-corrected chi connectivity index (χ0v) is 10.1. The number of rotatable bonds is 2. The molecule has 2 heteroatoms. The molecule has 0 unspecified atom stereocenters. The highest BCUT2D eigenvalue weighted by Crippen LogP contribution is 2.28. The molecule has 0 aliphatic heterocycles. The van der Waals surface area contributed by atoms with Gasteiger partial charge in [-0.25, -0.2) is 0 Å². The highest BCUT2D eigenvalue weighted by molar-refractivity contribution is 7.81. The molecule has 1 nitrogen and oxygen atoms in total. The van der Waals surface area contributed by atoms with Gasteiger partial charge in [0, 0.05) is 4.75 Å². The predicted molar refractivity (Wildman–Crippen MR) is 63.7 cm³/mol. The van der Waals surface area contributed by atoms with Gasteiger partial charge in [0.25, 0.3) is 0 Å². The lowest BCUT2D eigenvalue weighted by atomic mass is 9.94. The van der Waals surface area contributed by atoms with Gasteiger partial charge in [-0.3, -0.25) is 0 Å². The molecular formula is C12H18OS. The smallest absolute Gasteiger partial charge is 0.0840 e. The number of hydrogen-bond donors (Lipinski definition) is 2. The van der Waals surface area contributed by atoms with Crippen LogP contribution in [0.25, 0.3) is 0 Å². The highest BCUT2D eigenvalue weighted by atomic mass is 32.1. The van der Waals surface area contributed by atoms with E-state index in [2.05, 4.69) is 26.5 Å². The summed E-state index contributed by atoms with van der Waals surface area (Å²) in [7, 11) is 0. The molecule has 1 rings (SSSR count). The minimum atomic E-state index is -0.765. The van der Waals surface area contributed by atoms with Crippen LogP contribution < -0.4 is 0 Å². The van der Waals surface area contributed by atoms with Crippen molar-refractivity contribution in [2.75, 3.05) is 0 Å². The number of hydrogen-bond acceptors (Lipinski definition) is 2. The predicted octanol–water partition coefficient (Wildman–Crippen LogP) is 3.08. The highest BCUT2D eigenvalue weighted by Gasteiger charge is 2.18. The molecule has 0 aromatic heterocycles. The van der Waals surface area contributed by atoms with E-state index in [1.54, 1.807) is 13.8 Å². The molecule has 0 radical (unpaired) electrons. The van der Waals surface area contributed by atoms with E-state index in [1.165, 1.54) is 0 Å². The van der Waals surface area contributed by atoms with Crippen molar-refractivity contribution in [2.24, 2.45) is 0 Å². The van der Waals surface area contributed by atoms with E-state index in [-0.39, 0.29) is 4.75 Å². The lowest BCUT2D eigenvalue weighted by Gasteiger charge is -2.21. The van der Waals surface area contributed by atoms with Crippen LogP contribution in [0.3, 0.4) is 0 Å². The van der Waals surface area contributed by atoms with Crippen LogP contribution >= 0.6 is 12.6 Å². The molecule has 0 aliphatic rings. The van der Waals surface area contributed by atoms with Crippen molar-refractivity contribution in [3.63, 3.8) is 0 Å². The van der Waals surface area contributed by atoms with Crippen LogP contribution in [0.15, 0.2) is 24.3 Å². The molecule has 0 heterocycles. The molecule has 0 amide bonds. The van der Waals surface area contributed by atoms with E-state index < -0.39 is 5.60 Å². The number of thiol groups is 1. The van der Waals surface area contributed by atoms with Gasteiger partial charge < -0.3 is 5.11 Å². The molecule has 0 aliphatic carbocycles. The molecule has 0 saturated heterocycles. The van der Waals surface area contributed by atoms with Gasteiger partial charge in [-0.05, 0) is 38.8 Å². The Bertz CT molecular complexity index is 268. The molecule has 14 heavy (non-hydrogen) atoms. The second kappa shape index (κ2) is 3.59. The fourth-order valence-corrected chi connectivity index (χ4v) is 1.44. The second-order valence-electron chi connectivity index (χ2n) is 4.70. The summed E-state index contributed by atoms with van der Waals surface area (Å²) in [5.74, 6) is 0. The molecular weight excluding hydrogens is 192 g/mol. The van der Waals surface area contributed by atoms with E-state index in [9.17, 15) is 5.11 Å². The lowest BCUT2D eigenvalue weighted by molar-refractivity contribution is 0.0786. The number of benzene rings is 1. The Hall–Kier alpha value is -0.470. The first kappa shape index (κ1) is 11.6. The number of aliphatic hydroxyl groups is 1. The monoisotopic (exact) mass is 210 g/mol. The van der Waals surface area contributed by atoms with Gasteiger partial charge >= 0.3 is 0 Å². The zero-order chi connectivity index (χ0) is 11.0.